The van der Waals surface area contributed by atoms with Gasteiger partial charge in [0.2, 0.25) is 0 Å². The second-order valence-corrected chi connectivity index (χ2v) is 4.02. The van der Waals surface area contributed by atoms with Crippen molar-refractivity contribution in [3.63, 3.8) is 0 Å². The van der Waals surface area contributed by atoms with Gasteiger partial charge in [-0.3, -0.25) is 9.36 Å². The molecule has 4 nitrogen and oxygen atoms in total. The summed E-state index contributed by atoms with van der Waals surface area (Å²) in [6.45, 7) is 1.96. The molecule has 0 unspecified atom stereocenters. The predicted molar refractivity (Wildman–Crippen MR) is 72.7 cm³/mol. The van der Waals surface area contributed by atoms with Crippen molar-refractivity contribution < 1.29 is 4.74 Å². The molecule has 4 heteroatoms. The van der Waals surface area contributed by atoms with Crippen molar-refractivity contribution in [2.45, 2.75) is 13.3 Å². The fourth-order valence-corrected chi connectivity index (χ4v) is 2.02. The van der Waals surface area contributed by atoms with Crippen LogP contribution in [0.25, 0.3) is 5.69 Å². The summed E-state index contributed by atoms with van der Waals surface area (Å²) in [7, 11) is 1.46. The molecule has 0 spiro atoms. The molecule has 0 aliphatic carbocycles. The summed E-state index contributed by atoms with van der Waals surface area (Å²) in [5.41, 5.74) is 1.25. The normalized spacial score (nSPS) is 9.95. The summed E-state index contributed by atoms with van der Waals surface area (Å²) in [5, 5.41) is 9.12. The minimum atomic E-state index is -0.343. The van der Waals surface area contributed by atoms with Gasteiger partial charge in [-0.25, -0.2) is 0 Å². The average molecular weight is 254 g/mol. The molecular weight excluding hydrogens is 240 g/mol. The molecule has 2 aromatic rings. The number of hydrogen-bond acceptors (Lipinski definition) is 3. The van der Waals surface area contributed by atoms with E-state index in [1.807, 2.05) is 43.3 Å². The summed E-state index contributed by atoms with van der Waals surface area (Å²) >= 11 is 0. The average Bonchev–Trinajstić information content (AvgIpc) is 2.46. The Morgan fingerprint density at radius 3 is 2.53 bits per heavy atom. The van der Waals surface area contributed by atoms with Crippen LogP contribution in [0.2, 0.25) is 0 Å². The zero-order valence-electron chi connectivity index (χ0n) is 10.9. The van der Waals surface area contributed by atoms with Crippen molar-refractivity contribution in [3.8, 4) is 17.5 Å². The number of methoxy groups -OCH3 is 1. The van der Waals surface area contributed by atoms with Gasteiger partial charge in [0.25, 0.3) is 5.56 Å². The summed E-state index contributed by atoms with van der Waals surface area (Å²) in [6.07, 6.45) is 0.673. The Bertz CT molecular complexity index is 682. The van der Waals surface area contributed by atoms with Crippen molar-refractivity contribution in [2.75, 3.05) is 7.11 Å². The van der Waals surface area contributed by atoms with Crippen molar-refractivity contribution in [2.24, 2.45) is 0 Å². The van der Waals surface area contributed by atoms with Crippen LogP contribution >= 0.6 is 0 Å². The van der Waals surface area contributed by atoms with E-state index >= 15 is 0 Å². The maximum absolute atomic E-state index is 12.4. The number of para-hydroxylation sites is 1. The summed E-state index contributed by atoms with van der Waals surface area (Å²) in [6, 6.07) is 12.9. The standard InChI is InChI=1S/C15H14N2O2/c1-3-11-9-14(19-2)13(10-16)15(18)17(11)12-7-5-4-6-8-12/h4-9H,3H2,1-2H3. The molecule has 96 valence electrons. The van der Waals surface area contributed by atoms with Gasteiger partial charge in [-0.15, -0.1) is 0 Å². The van der Waals surface area contributed by atoms with Crippen LogP contribution in [0.1, 0.15) is 18.2 Å². The fraction of sp³-hybridized carbons (Fsp3) is 0.200. The second kappa shape index (κ2) is 5.40. The van der Waals surface area contributed by atoms with Crippen LogP contribution in [-0.2, 0) is 6.42 Å². The van der Waals surface area contributed by atoms with Crippen LogP contribution in [0, 0.1) is 11.3 Å². The molecule has 0 aliphatic heterocycles. The maximum Gasteiger partial charge on any atom is 0.277 e. The van der Waals surface area contributed by atoms with Gasteiger partial charge in [0.15, 0.2) is 5.56 Å². The summed E-state index contributed by atoms with van der Waals surface area (Å²) in [4.78, 5) is 12.4. The second-order valence-electron chi connectivity index (χ2n) is 4.02. The molecule has 0 saturated heterocycles. The van der Waals surface area contributed by atoms with Gasteiger partial charge in [-0.05, 0) is 18.6 Å². The van der Waals surface area contributed by atoms with Gasteiger partial charge in [-0.1, -0.05) is 25.1 Å². The number of nitrogens with zero attached hydrogens (tertiary/aromatic N) is 2. The van der Waals surface area contributed by atoms with Crippen molar-refractivity contribution >= 4 is 0 Å². The van der Waals surface area contributed by atoms with Crippen LogP contribution in [0.3, 0.4) is 0 Å². The molecule has 0 saturated carbocycles. The van der Waals surface area contributed by atoms with Gasteiger partial charge in [0.05, 0.1) is 7.11 Å². The first kappa shape index (κ1) is 12.9. The molecule has 0 atom stereocenters. The third-order valence-electron chi connectivity index (χ3n) is 2.96. The molecular formula is C15H14N2O2. The number of pyridine rings is 1. The lowest BCUT2D eigenvalue weighted by Gasteiger charge is -2.14. The molecule has 1 heterocycles. The third-order valence-corrected chi connectivity index (χ3v) is 2.96. The first-order valence-electron chi connectivity index (χ1n) is 6.01. The lowest BCUT2D eigenvalue weighted by atomic mass is 10.1. The number of aromatic nitrogens is 1. The fourth-order valence-electron chi connectivity index (χ4n) is 2.02. The van der Waals surface area contributed by atoms with E-state index in [1.54, 1.807) is 10.6 Å². The van der Waals surface area contributed by atoms with Crippen LogP contribution < -0.4 is 10.3 Å². The van der Waals surface area contributed by atoms with Gasteiger partial charge in [0, 0.05) is 17.4 Å². The van der Waals surface area contributed by atoms with Crippen molar-refractivity contribution in [1.29, 1.82) is 5.26 Å². The summed E-state index contributed by atoms with van der Waals surface area (Å²) in [5.74, 6) is 0.330. The molecule has 19 heavy (non-hydrogen) atoms. The highest BCUT2D eigenvalue weighted by Crippen LogP contribution is 2.19. The minimum Gasteiger partial charge on any atom is -0.495 e. The van der Waals surface area contributed by atoms with E-state index in [4.69, 9.17) is 10.00 Å². The molecule has 2 rings (SSSR count). The monoisotopic (exact) mass is 254 g/mol. The number of benzene rings is 1. The van der Waals surface area contributed by atoms with Gasteiger partial charge < -0.3 is 4.74 Å². The minimum absolute atomic E-state index is 0.0311. The lowest BCUT2D eigenvalue weighted by molar-refractivity contribution is 0.410. The van der Waals surface area contributed by atoms with E-state index in [9.17, 15) is 4.79 Å². The highest BCUT2D eigenvalue weighted by Gasteiger charge is 2.15. The number of aryl methyl sites for hydroxylation is 1. The zero-order chi connectivity index (χ0) is 13.8. The van der Waals surface area contributed by atoms with Gasteiger partial charge in [0.1, 0.15) is 11.8 Å². The molecule has 0 radical (unpaired) electrons. The Morgan fingerprint density at radius 2 is 2.00 bits per heavy atom. The van der Waals surface area contributed by atoms with Crippen LogP contribution in [0.4, 0.5) is 0 Å². The quantitative estimate of drug-likeness (QED) is 0.844. The van der Waals surface area contributed by atoms with Crippen LogP contribution in [-0.4, -0.2) is 11.7 Å². The van der Waals surface area contributed by atoms with Gasteiger partial charge >= 0.3 is 0 Å². The third kappa shape index (κ3) is 2.23. The topological polar surface area (TPSA) is 55.0 Å². The highest BCUT2D eigenvalue weighted by atomic mass is 16.5. The van der Waals surface area contributed by atoms with E-state index in [1.165, 1.54) is 7.11 Å². The zero-order valence-corrected chi connectivity index (χ0v) is 10.9. The molecule has 0 fully saturated rings. The molecule has 1 aromatic heterocycles. The Hall–Kier alpha value is -2.54. The van der Waals surface area contributed by atoms with Crippen LogP contribution in [0.5, 0.6) is 5.75 Å². The molecule has 0 N–H and O–H groups in total. The number of hydrogen-bond donors (Lipinski definition) is 0. The Kier molecular flexibility index (Phi) is 3.67. The largest absolute Gasteiger partial charge is 0.495 e. The highest BCUT2D eigenvalue weighted by molar-refractivity contribution is 5.46. The Morgan fingerprint density at radius 1 is 1.32 bits per heavy atom. The molecule has 1 aromatic carbocycles. The Balaban J connectivity index is 2.81. The number of rotatable bonds is 3. The molecule has 0 bridgehead atoms. The van der Waals surface area contributed by atoms with Crippen LogP contribution in [0.15, 0.2) is 41.2 Å². The van der Waals surface area contributed by atoms with Crippen molar-refractivity contribution in [1.82, 2.24) is 4.57 Å². The first-order chi connectivity index (χ1) is 9.22. The molecule has 0 aliphatic rings. The molecule has 0 amide bonds. The van der Waals surface area contributed by atoms with Gasteiger partial charge in [-0.2, -0.15) is 5.26 Å². The predicted octanol–water partition coefficient (Wildman–Crippen LogP) is 2.28. The maximum atomic E-state index is 12.4. The smallest absolute Gasteiger partial charge is 0.277 e. The number of nitriles is 1. The Labute approximate surface area is 111 Å². The van der Waals surface area contributed by atoms with E-state index in [0.29, 0.717) is 12.2 Å². The van der Waals surface area contributed by atoms with E-state index in [2.05, 4.69) is 0 Å². The first-order valence-corrected chi connectivity index (χ1v) is 6.01. The SMILES string of the molecule is CCc1cc(OC)c(C#N)c(=O)n1-c1ccccc1. The van der Waals surface area contributed by atoms with E-state index in [0.717, 1.165) is 11.4 Å². The van der Waals surface area contributed by atoms with E-state index < -0.39 is 0 Å². The number of ether oxygens (including phenoxy) is 1. The van der Waals surface area contributed by atoms with E-state index in [-0.39, 0.29) is 11.1 Å². The van der Waals surface area contributed by atoms with Crippen molar-refractivity contribution in [3.05, 3.63) is 58.0 Å². The lowest BCUT2D eigenvalue weighted by Crippen LogP contribution is -2.24. The summed E-state index contributed by atoms with van der Waals surface area (Å²) < 4.78 is 6.67.